The number of pyridine rings is 1. The van der Waals surface area contributed by atoms with Crippen molar-refractivity contribution in [1.29, 1.82) is 5.26 Å². The number of esters is 1. The third-order valence-electron chi connectivity index (χ3n) is 4.87. The van der Waals surface area contributed by atoms with Gasteiger partial charge < -0.3 is 9.47 Å². The normalized spacial score (nSPS) is 10.3. The first kappa shape index (κ1) is 22.0. The molecule has 0 bridgehead atoms. The standard InChI is InChI=1S/C26H26N2O3/c1-2-3-4-17-30-24-14-10-22(11-15-24)26(29)31-25-16-13-23(28-19-25)12-9-20-5-7-21(18-27)8-6-20/h5-8,10-11,13-16,19H,2-4,9,12,17H2,1H3. The van der Waals surface area contributed by atoms with Crippen molar-refractivity contribution >= 4 is 5.97 Å². The van der Waals surface area contributed by atoms with Crippen LogP contribution in [0.25, 0.3) is 0 Å². The Morgan fingerprint density at radius 2 is 1.68 bits per heavy atom. The van der Waals surface area contributed by atoms with Crippen molar-refractivity contribution in [2.24, 2.45) is 0 Å². The van der Waals surface area contributed by atoms with Gasteiger partial charge in [-0.15, -0.1) is 0 Å². The number of aromatic nitrogens is 1. The summed E-state index contributed by atoms with van der Waals surface area (Å²) in [6.07, 6.45) is 6.48. The van der Waals surface area contributed by atoms with Gasteiger partial charge >= 0.3 is 5.97 Å². The van der Waals surface area contributed by atoms with Crippen molar-refractivity contribution in [2.75, 3.05) is 6.61 Å². The second kappa shape index (κ2) is 11.5. The van der Waals surface area contributed by atoms with E-state index in [4.69, 9.17) is 14.7 Å². The van der Waals surface area contributed by atoms with Gasteiger partial charge in [-0.2, -0.15) is 5.26 Å². The van der Waals surface area contributed by atoms with Gasteiger partial charge in [-0.3, -0.25) is 4.98 Å². The van der Waals surface area contributed by atoms with Crippen LogP contribution in [0, 0.1) is 11.3 Å². The Hall–Kier alpha value is -3.65. The summed E-state index contributed by atoms with van der Waals surface area (Å²) in [4.78, 5) is 16.7. The molecule has 0 saturated heterocycles. The number of benzene rings is 2. The predicted octanol–water partition coefficient (Wildman–Crippen LogP) is 5.53. The van der Waals surface area contributed by atoms with Gasteiger partial charge in [0.05, 0.1) is 30.0 Å². The molecule has 158 valence electrons. The summed E-state index contributed by atoms with van der Waals surface area (Å²) in [5, 5.41) is 8.86. The smallest absolute Gasteiger partial charge is 0.343 e. The molecular formula is C26H26N2O3. The molecule has 0 unspecified atom stereocenters. The lowest BCUT2D eigenvalue weighted by Gasteiger charge is -2.08. The molecule has 0 amide bonds. The topological polar surface area (TPSA) is 72.2 Å². The molecule has 0 radical (unpaired) electrons. The number of unbranched alkanes of at least 4 members (excludes halogenated alkanes) is 2. The number of hydrogen-bond donors (Lipinski definition) is 0. The molecule has 1 aromatic heterocycles. The molecule has 0 aliphatic carbocycles. The van der Waals surface area contributed by atoms with Crippen LogP contribution in [0.4, 0.5) is 0 Å². The van der Waals surface area contributed by atoms with Crippen LogP contribution in [0.1, 0.15) is 53.4 Å². The minimum atomic E-state index is -0.426. The molecule has 5 nitrogen and oxygen atoms in total. The summed E-state index contributed by atoms with van der Waals surface area (Å²) in [6, 6.07) is 20.3. The lowest BCUT2D eigenvalue weighted by atomic mass is 10.1. The average molecular weight is 415 g/mol. The van der Waals surface area contributed by atoms with E-state index in [1.54, 1.807) is 36.5 Å². The first-order chi connectivity index (χ1) is 15.2. The molecular weight excluding hydrogens is 388 g/mol. The van der Waals surface area contributed by atoms with Crippen LogP contribution in [-0.2, 0) is 12.8 Å². The second-order valence-corrected chi connectivity index (χ2v) is 7.26. The number of aryl methyl sites for hydroxylation is 2. The van der Waals surface area contributed by atoms with Gasteiger partial charge in [0.25, 0.3) is 0 Å². The van der Waals surface area contributed by atoms with Crippen molar-refractivity contribution in [3.63, 3.8) is 0 Å². The first-order valence-electron chi connectivity index (χ1n) is 10.6. The minimum absolute atomic E-state index is 0.409. The Morgan fingerprint density at radius 1 is 0.935 bits per heavy atom. The maximum atomic E-state index is 12.4. The maximum Gasteiger partial charge on any atom is 0.343 e. The van der Waals surface area contributed by atoms with Crippen LogP contribution in [0.5, 0.6) is 11.5 Å². The van der Waals surface area contributed by atoms with Gasteiger partial charge in [-0.05, 0) is 73.4 Å². The summed E-state index contributed by atoms with van der Waals surface area (Å²) >= 11 is 0. The van der Waals surface area contributed by atoms with Crippen LogP contribution in [0.3, 0.4) is 0 Å². The summed E-state index contributed by atoms with van der Waals surface area (Å²) in [6.45, 7) is 2.84. The molecule has 0 N–H and O–H groups in total. The van der Waals surface area contributed by atoms with Crippen LogP contribution >= 0.6 is 0 Å². The van der Waals surface area contributed by atoms with Crippen LogP contribution < -0.4 is 9.47 Å². The quantitative estimate of drug-likeness (QED) is 0.322. The molecule has 0 atom stereocenters. The fourth-order valence-corrected chi connectivity index (χ4v) is 3.03. The zero-order valence-corrected chi connectivity index (χ0v) is 17.7. The van der Waals surface area contributed by atoms with Crippen molar-refractivity contribution in [3.05, 3.63) is 89.2 Å². The highest BCUT2D eigenvalue weighted by atomic mass is 16.5. The van der Waals surface area contributed by atoms with Gasteiger partial charge in [0.15, 0.2) is 0 Å². The fourth-order valence-electron chi connectivity index (χ4n) is 3.03. The number of nitrogens with zero attached hydrogens (tertiary/aromatic N) is 2. The molecule has 3 aromatic rings. The van der Waals surface area contributed by atoms with Gasteiger partial charge in [0.2, 0.25) is 0 Å². The largest absolute Gasteiger partial charge is 0.494 e. The van der Waals surface area contributed by atoms with Crippen LogP contribution in [0.15, 0.2) is 66.9 Å². The van der Waals surface area contributed by atoms with Crippen molar-refractivity contribution in [1.82, 2.24) is 4.98 Å². The molecule has 0 fully saturated rings. The summed E-state index contributed by atoms with van der Waals surface area (Å²) in [5.41, 5.74) is 3.18. The number of hydrogen-bond acceptors (Lipinski definition) is 5. The Morgan fingerprint density at radius 3 is 2.32 bits per heavy atom. The average Bonchev–Trinajstić information content (AvgIpc) is 2.82. The molecule has 3 rings (SSSR count). The Kier molecular flexibility index (Phi) is 8.19. The van der Waals surface area contributed by atoms with Gasteiger partial charge in [-0.1, -0.05) is 31.9 Å². The number of nitriles is 1. The van der Waals surface area contributed by atoms with E-state index in [1.807, 2.05) is 30.3 Å². The van der Waals surface area contributed by atoms with Gasteiger partial charge in [-0.25, -0.2) is 4.79 Å². The number of rotatable bonds is 10. The molecule has 0 aliphatic heterocycles. The maximum absolute atomic E-state index is 12.4. The fraction of sp³-hybridized carbons (Fsp3) is 0.269. The molecule has 31 heavy (non-hydrogen) atoms. The van der Waals surface area contributed by atoms with Gasteiger partial charge in [0, 0.05) is 5.69 Å². The number of carbonyl (C=O) groups is 1. The van der Waals surface area contributed by atoms with E-state index in [0.717, 1.165) is 49.1 Å². The molecule has 0 saturated carbocycles. The zero-order valence-electron chi connectivity index (χ0n) is 17.7. The molecule has 5 heteroatoms. The molecule has 2 aromatic carbocycles. The monoisotopic (exact) mass is 414 g/mol. The minimum Gasteiger partial charge on any atom is -0.494 e. The van der Waals surface area contributed by atoms with Crippen molar-refractivity contribution in [2.45, 2.75) is 39.0 Å². The molecule has 0 spiro atoms. The lowest BCUT2D eigenvalue weighted by molar-refractivity contribution is 0.0734. The van der Waals surface area contributed by atoms with E-state index in [2.05, 4.69) is 18.0 Å². The second-order valence-electron chi connectivity index (χ2n) is 7.26. The zero-order chi connectivity index (χ0) is 21.9. The highest BCUT2D eigenvalue weighted by Gasteiger charge is 2.09. The van der Waals surface area contributed by atoms with Gasteiger partial charge in [0.1, 0.15) is 11.5 Å². The van der Waals surface area contributed by atoms with Crippen LogP contribution in [-0.4, -0.2) is 17.6 Å². The van der Waals surface area contributed by atoms with Crippen molar-refractivity contribution in [3.8, 4) is 17.6 Å². The summed E-state index contributed by atoms with van der Waals surface area (Å²) in [7, 11) is 0. The Labute approximate surface area is 183 Å². The number of ether oxygens (including phenoxy) is 2. The van der Waals surface area contributed by atoms with E-state index in [1.165, 1.54) is 0 Å². The van der Waals surface area contributed by atoms with E-state index in [0.29, 0.717) is 23.5 Å². The molecule has 0 aliphatic rings. The van der Waals surface area contributed by atoms with Crippen molar-refractivity contribution < 1.29 is 14.3 Å². The van der Waals surface area contributed by atoms with E-state index < -0.39 is 5.97 Å². The third kappa shape index (κ3) is 6.97. The van der Waals surface area contributed by atoms with E-state index in [9.17, 15) is 4.79 Å². The van der Waals surface area contributed by atoms with E-state index >= 15 is 0 Å². The van der Waals surface area contributed by atoms with Crippen LogP contribution in [0.2, 0.25) is 0 Å². The highest BCUT2D eigenvalue weighted by Crippen LogP contribution is 2.17. The van der Waals surface area contributed by atoms with E-state index in [-0.39, 0.29) is 0 Å². The molecule has 1 heterocycles. The summed E-state index contributed by atoms with van der Waals surface area (Å²) in [5.74, 6) is 0.734. The third-order valence-corrected chi connectivity index (χ3v) is 4.87. The Bertz CT molecular complexity index is 1000. The predicted molar refractivity (Wildman–Crippen MR) is 119 cm³/mol. The highest BCUT2D eigenvalue weighted by molar-refractivity contribution is 5.91. The number of carbonyl (C=O) groups excluding carboxylic acids is 1. The first-order valence-corrected chi connectivity index (χ1v) is 10.6. The SMILES string of the molecule is CCCCCOc1ccc(C(=O)Oc2ccc(CCc3ccc(C#N)cc3)nc2)cc1. The lowest BCUT2D eigenvalue weighted by Crippen LogP contribution is -2.09. The Balaban J connectivity index is 1.48. The summed E-state index contributed by atoms with van der Waals surface area (Å²) < 4.78 is 11.1.